The fourth-order valence-electron chi connectivity index (χ4n) is 3.19. The van der Waals surface area contributed by atoms with Crippen LogP contribution in [0.15, 0.2) is 34.9 Å². The Morgan fingerprint density at radius 3 is 2.48 bits per heavy atom. The summed E-state index contributed by atoms with van der Waals surface area (Å²) >= 11 is 0. The monoisotopic (exact) mass is 343 g/mol. The molecule has 1 fully saturated rings. The molecule has 1 aliphatic heterocycles. The number of aryl methyl sites for hydroxylation is 1. The fraction of sp³-hybridized carbons (Fsp3) is 0.389. The van der Waals surface area contributed by atoms with Crippen LogP contribution in [0.3, 0.4) is 0 Å². The Bertz CT molecular complexity index is 746. The van der Waals surface area contributed by atoms with Crippen LogP contribution >= 0.6 is 0 Å². The average molecular weight is 343 g/mol. The van der Waals surface area contributed by atoms with Crippen LogP contribution in [-0.2, 0) is 11.2 Å². The van der Waals surface area contributed by atoms with E-state index in [1.807, 2.05) is 17.0 Å². The van der Waals surface area contributed by atoms with Crippen molar-refractivity contribution in [1.82, 2.24) is 10.1 Å². The van der Waals surface area contributed by atoms with Gasteiger partial charge in [-0.1, -0.05) is 12.1 Å². The van der Waals surface area contributed by atoms with Crippen molar-refractivity contribution in [3.63, 3.8) is 0 Å². The van der Waals surface area contributed by atoms with Crippen molar-refractivity contribution in [3.05, 3.63) is 47.2 Å². The lowest BCUT2D eigenvalue weighted by Gasteiger charge is -2.32. The number of hydrogen-bond acceptors (Lipinski definition) is 5. The molecule has 25 heavy (non-hydrogen) atoms. The summed E-state index contributed by atoms with van der Waals surface area (Å²) in [6.07, 6.45) is 2.56. The number of primary amides is 1. The van der Waals surface area contributed by atoms with Crippen LogP contribution in [0.5, 0.6) is 5.88 Å². The van der Waals surface area contributed by atoms with Crippen molar-refractivity contribution in [3.8, 4) is 5.88 Å². The van der Waals surface area contributed by atoms with E-state index >= 15 is 0 Å². The van der Waals surface area contributed by atoms with Crippen LogP contribution in [0.4, 0.5) is 0 Å². The predicted molar refractivity (Wildman–Crippen MR) is 90.0 cm³/mol. The van der Waals surface area contributed by atoms with Gasteiger partial charge in [0.25, 0.3) is 5.88 Å². The largest absolute Gasteiger partial charge is 0.491 e. The summed E-state index contributed by atoms with van der Waals surface area (Å²) < 4.78 is 4.90. The van der Waals surface area contributed by atoms with Gasteiger partial charge in [-0.15, -0.1) is 0 Å². The van der Waals surface area contributed by atoms with Crippen molar-refractivity contribution in [2.45, 2.75) is 31.6 Å². The standard InChI is InChI=1S/C18H21N3O4/c19-18(24)14-3-1-12(2-4-14)13-7-9-21(10-8-13)17(23)6-5-15-11-16(22)20-25-15/h1-4,11,13H,5-10H2,(H2,19,24)(H,20,22). The maximum Gasteiger partial charge on any atom is 0.251 e. The Labute approximate surface area is 145 Å². The molecule has 7 heteroatoms. The van der Waals surface area contributed by atoms with Gasteiger partial charge in [-0.05, 0) is 41.6 Å². The second-order valence-electron chi connectivity index (χ2n) is 6.29. The summed E-state index contributed by atoms with van der Waals surface area (Å²) in [6.45, 7) is 1.42. The fourth-order valence-corrected chi connectivity index (χ4v) is 3.19. The minimum atomic E-state index is -0.424. The molecule has 1 aromatic heterocycles. The topological polar surface area (TPSA) is 110 Å². The van der Waals surface area contributed by atoms with Crippen molar-refractivity contribution >= 4 is 11.8 Å². The molecule has 0 radical (unpaired) electrons. The molecule has 0 spiro atoms. The first-order chi connectivity index (χ1) is 12.0. The van der Waals surface area contributed by atoms with Gasteiger partial charge in [0.1, 0.15) is 5.76 Å². The quantitative estimate of drug-likeness (QED) is 0.860. The zero-order chi connectivity index (χ0) is 17.8. The molecule has 3 N–H and O–H groups in total. The molecule has 1 aliphatic rings. The number of carbonyl (C=O) groups is 2. The van der Waals surface area contributed by atoms with Crippen LogP contribution in [0, 0.1) is 0 Å². The Morgan fingerprint density at radius 1 is 1.24 bits per heavy atom. The van der Waals surface area contributed by atoms with E-state index in [1.54, 1.807) is 12.1 Å². The van der Waals surface area contributed by atoms with Gasteiger partial charge in [0.15, 0.2) is 0 Å². The van der Waals surface area contributed by atoms with Crippen LogP contribution in [-0.4, -0.2) is 40.1 Å². The van der Waals surface area contributed by atoms with Gasteiger partial charge in [0.2, 0.25) is 11.8 Å². The van der Waals surface area contributed by atoms with Crippen LogP contribution < -0.4 is 5.73 Å². The minimum Gasteiger partial charge on any atom is -0.491 e. The molecule has 1 aromatic carbocycles. The van der Waals surface area contributed by atoms with Crippen LogP contribution in [0.2, 0.25) is 0 Å². The zero-order valence-corrected chi connectivity index (χ0v) is 13.9. The summed E-state index contributed by atoms with van der Waals surface area (Å²) in [6, 6.07) is 8.82. The minimum absolute atomic E-state index is 0.0819. The lowest BCUT2D eigenvalue weighted by Crippen LogP contribution is -2.38. The van der Waals surface area contributed by atoms with Gasteiger partial charge in [-0.3, -0.25) is 9.59 Å². The molecule has 2 heterocycles. The zero-order valence-electron chi connectivity index (χ0n) is 13.9. The summed E-state index contributed by atoms with van der Waals surface area (Å²) in [7, 11) is 0. The highest BCUT2D eigenvalue weighted by atomic mass is 16.5. The third-order valence-electron chi connectivity index (χ3n) is 4.65. The highest BCUT2D eigenvalue weighted by molar-refractivity contribution is 5.92. The number of rotatable bonds is 5. The van der Waals surface area contributed by atoms with Crippen LogP contribution in [0.1, 0.15) is 46.9 Å². The van der Waals surface area contributed by atoms with E-state index in [-0.39, 0.29) is 11.8 Å². The van der Waals surface area contributed by atoms with E-state index in [0.29, 0.717) is 43.2 Å². The van der Waals surface area contributed by atoms with E-state index in [4.69, 9.17) is 15.4 Å². The normalized spacial score (nSPS) is 15.3. The number of amides is 2. The van der Waals surface area contributed by atoms with E-state index in [9.17, 15) is 9.59 Å². The van der Waals surface area contributed by atoms with Gasteiger partial charge < -0.3 is 20.3 Å². The number of likely N-dealkylation sites (tertiary alicyclic amines) is 1. The number of aromatic nitrogens is 1. The SMILES string of the molecule is NC(=O)c1ccc(C2CCN(C(=O)CCc3cc(O)no3)CC2)cc1. The molecule has 2 amide bonds. The van der Waals surface area contributed by atoms with Gasteiger partial charge in [-0.2, -0.15) is 0 Å². The molecular formula is C18H21N3O4. The Hall–Kier alpha value is -2.83. The van der Waals surface area contributed by atoms with Gasteiger partial charge in [0.05, 0.1) is 0 Å². The molecule has 0 aliphatic carbocycles. The summed E-state index contributed by atoms with van der Waals surface area (Å²) in [5, 5.41) is 12.5. The molecule has 0 saturated carbocycles. The highest BCUT2D eigenvalue weighted by Gasteiger charge is 2.24. The summed E-state index contributed by atoms with van der Waals surface area (Å²) in [5.74, 6) is 0.392. The first kappa shape index (κ1) is 17.0. The number of nitrogens with two attached hydrogens (primary N) is 1. The first-order valence-corrected chi connectivity index (χ1v) is 8.35. The number of piperidine rings is 1. The van der Waals surface area contributed by atoms with Gasteiger partial charge in [-0.25, -0.2) is 0 Å². The third-order valence-corrected chi connectivity index (χ3v) is 4.65. The number of hydrogen-bond donors (Lipinski definition) is 2. The third kappa shape index (κ3) is 4.17. The van der Waals surface area contributed by atoms with Crippen LogP contribution in [0.25, 0.3) is 0 Å². The van der Waals surface area contributed by atoms with E-state index in [2.05, 4.69) is 5.16 Å². The lowest BCUT2D eigenvalue weighted by atomic mass is 9.89. The number of benzene rings is 1. The van der Waals surface area contributed by atoms with Gasteiger partial charge in [0, 0.05) is 37.6 Å². The average Bonchev–Trinajstić information content (AvgIpc) is 3.05. The lowest BCUT2D eigenvalue weighted by molar-refractivity contribution is -0.132. The smallest absolute Gasteiger partial charge is 0.251 e. The number of aromatic hydroxyl groups is 1. The highest BCUT2D eigenvalue weighted by Crippen LogP contribution is 2.28. The maximum absolute atomic E-state index is 12.3. The van der Waals surface area contributed by atoms with E-state index in [0.717, 1.165) is 12.8 Å². The molecule has 7 nitrogen and oxygen atoms in total. The maximum atomic E-state index is 12.3. The molecule has 0 atom stereocenters. The van der Waals surface area contributed by atoms with Gasteiger partial charge >= 0.3 is 0 Å². The Balaban J connectivity index is 1.49. The van der Waals surface area contributed by atoms with Crippen molar-refractivity contribution in [2.75, 3.05) is 13.1 Å². The number of nitrogens with zero attached hydrogens (tertiary/aromatic N) is 2. The van der Waals surface area contributed by atoms with Crippen molar-refractivity contribution in [2.24, 2.45) is 5.73 Å². The molecule has 0 bridgehead atoms. The summed E-state index contributed by atoms with van der Waals surface area (Å²) in [5.41, 5.74) is 6.94. The molecule has 132 valence electrons. The van der Waals surface area contributed by atoms with Crippen molar-refractivity contribution in [1.29, 1.82) is 0 Å². The number of carbonyl (C=O) groups excluding carboxylic acids is 2. The first-order valence-electron chi connectivity index (χ1n) is 8.35. The van der Waals surface area contributed by atoms with E-state index < -0.39 is 5.91 Å². The van der Waals surface area contributed by atoms with E-state index in [1.165, 1.54) is 11.6 Å². The molecule has 2 aromatic rings. The molecule has 3 rings (SSSR count). The molecular weight excluding hydrogens is 322 g/mol. The second kappa shape index (κ2) is 7.38. The predicted octanol–water partition coefficient (Wildman–Crippen LogP) is 1.82. The molecule has 1 saturated heterocycles. The Morgan fingerprint density at radius 2 is 1.92 bits per heavy atom. The molecule has 0 unspecified atom stereocenters. The Kier molecular flexibility index (Phi) is 5.02. The second-order valence-corrected chi connectivity index (χ2v) is 6.29. The summed E-state index contributed by atoms with van der Waals surface area (Å²) in [4.78, 5) is 25.3. The van der Waals surface area contributed by atoms with Crippen molar-refractivity contribution < 1.29 is 19.2 Å².